The van der Waals surface area contributed by atoms with Crippen LogP contribution in [-0.4, -0.2) is 57.5 Å². The fraction of sp³-hybridized carbons (Fsp3) is 0.435. The number of piperidine rings is 1. The lowest BCUT2D eigenvalue weighted by Gasteiger charge is -2.32. The lowest BCUT2D eigenvalue weighted by Crippen LogP contribution is -2.34. The zero-order valence-corrected chi connectivity index (χ0v) is 19.1. The van der Waals surface area contributed by atoms with E-state index in [4.69, 9.17) is 19.8 Å². The highest BCUT2D eigenvalue weighted by Gasteiger charge is 2.38. The number of benzene rings is 1. The Kier molecular flexibility index (Phi) is 11.8. The summed E-state index contributed by atoms with van der Waals surface area (Å²) in [5.74, 6) is -4.97. The van der Waals surface area contributed by atoms with Crippen LogP contribution in [0.3, 0.4) is 0 Å². The van der Waals surface area contributed by atoms with E-state index < -0.39 is 24.3 Å². The Balaban J connectivity index is 0.000000383. The van der Waals surface area contributed by atoms with Gasteiger partial charge in [-0.05, 0) is 68.5 Å². The molecule has 1 aliphatic heterocycles. The number of alkyl halides is 6. The smallest absolute Gasteiger partial charge is 0.475 e. The Labute approximate surface area is 202 Å². The standard InChI is InChI=1S/C19H23FN2.2C2HF3O2/c1-15-6-7-17(13-21-15)14-22-10-8-16(9-11-22)12-18-4-2-3-5-19(18)20;2*3-2(4,5)1(6)7/h2-7,13,16H,8-12,14H2,1H3;2*(H,6,7). The van der Waals surface area contributed by atoms with Crippen molar-refractivity contribution >= 4 is 11.9 Å². The molecule has 0 aliphatic carbocycles. The van der Waals surface area contributed by atoms with E-state index in [9.17, 15) is 30.7 Å². The van der Waals surface area contributed by atoms with Crippen molar-refractivity contribution in [3.63, 3.8) is 0 Å². The summed E-state index contributed by atoms with van der Waals surface area (Å²) in [5, 5.41) is 14.2. The third-order valence-corrected chi connectivity index (χ3v) is 5.04. The SMILES string of the molecule is Cc1ccc(CN2CCC(Cc3ccccc3F)CC2)cn1.O=C(O)C(F)(F)F.O=C(O)C(F)(F)F. The van der Waals surface area contributed by atoms with Gasteiger partial charge < -0.3 is 10.2 Å². The molecule has 2 aromatic rings. The van der Waals surface area contributed by atoms with E-state index in [1.807, 2.05) is 25.3 Å². The fourth-order valence-corrected chi connectivity index (χ4v) is 3.17. The van der Waals surface area contributed by atoms with Gasteiger partial charge in [-0.2, -0.15) is 26.3 Å². The van der Waals surface area contributed by atoms with Crippen LogP contribution in [-0.2, 0) is 22.6 Å². The summed E-state index contributed by atoms with van der Waals surface area (Å²) in [6.45, 7) is 5.16. The molecule has 6 nitrogen and oxygen atoms in total. The van der Waals surface area contributed by atoms with Crippen molar-refractivity contribution in [1.82, 2.24) is 9.88 Å². The van der Waals surface area contributed by atoms with Gasteiger partial charge in [0.25, 0.3) is 0 Å². The van der Waals surface area contributed by atoms with E-state index in [0.29, 0.717) is 5.92 Å². The molecule has 36 heavy (non-hydrogen) atoms. The second-order valence-electron chi connectivity index (χ2n) is 7.93. The second kappa shape index (κ2) is 13.8. The first-order valence-electron chi connectivity index (χ1n) is 10.6. The van der Waals surface area contributed by atoms with Gasteiger partial charge >= 0.3 is 24.3 Å². The summed E-state index contributed by atoms with van der Waals surface area (Å²) in [6, 6.07) is 11.4. The highest BCUT2D eigenvalue weighted by atomic mass is 19.4. The van der Waals surface area contributed by atoms with Crippen LogP contribution < -0.4 is 0 Å². The maximum absolute atomic E-state index is 13.7. The van der Waals surface area contributed by atoms with Crippen LogP contribution in [0.25, 0.3) is 0 Å². The van der Waals surface area contributed by atoms with Gasteiger partial charge in [-0.15, -0.1) is 0 Å². The van der Waals surface area contributed by atoms with Crippen LogP contribution in [0.15, 0.2) is 42.6 Å². The zero-order valence-electron chi connectivity index (χ0n) is 19.1. The minimum atomic E-state index is -5.08. The Morgan fingerprint density at radius 3 is 1.86 bits per heavy atom. The van der Waals surface area contributed by atoms with E-state index in [2.05, 4.69) is 22.0 Å². The van der Waals surface area contributed by atoms with Gasteiger partial charge in [0.2, 0.25) is 0 Å². The summed E-state index contributed by atoms with van der Waals surface area (Å²) >= 11 is 0. The molecule has 1 aliphatic rings. The zero-order chi connectivity index (χ0) is 27.5. The number of aromatic nitrogens is 1. The molecule has 2 N–H and O–H groups in total. The summed E-state index contributed by atoms with van der Waals surface area (Å²) in [7, 11) is 0. The monoisotopic (exact) mass is 526 g/mol. The van der Waals surface area contributed by atoms with Gasteiger partial charge in [0.15, 0.2) is 0 Å². The third kappa shape index (κ3) is 12.0. The van der Waals surface area contributed by atoms with Gasteiger partial charge in [0, 0.05) is 18.4 Å². The Hall–Kier alpha value is -3.22. The quantitative estimate of drug-likeness (QED) is 0.529. The molecule has 13 heteroatoms. The fourth-order valence-electron chi connectivity index (χ4n) is 3.17. The third-order valence-electron chi connectivity index (χ3n) is 5.04. The molecule has 0 radical (unpaired) electrons. The number of carboxylic acids is 2. The number of aliphatic carboxylic acids is 2. The molecule has 0 spiro atoms. The minimum Gasteiger partial charge on any atom is -0.475 e. The van der Waals surface area contributed by atoms with Crippen molar-refractivity contribution in [2.45, 2.75) is 45.1 Å². The maximum atomic E-state index is 13.7. The predicted octanol–water partition coefficient (Wildman–Crippen LogP) is 5.25. The number of aryl methyl sites for hydroxylation is 1. The minimum absolute atomic E-state index is 0.0596. The number of carboxylic acid groups (broad SMARTS) is 2. The van der Waals surface area contributed by atoms with E-state index >= 15 is 0 Å². The normalized spacial score (nSPS) is 14.7. The topological polar surface area (TPSA) is 90.7 Å². The number of carbonyl (C=O) groups is 2. The molecule has 0 atom stereocenters. The molecule has 0 unspecified atom stereocenters. The molecule has 3 rings (SSSR count). The van der Waals surface area contributed by atoms with E-state index in [1.165, 1.54) is 5.56 Å². The van der Waals surface area contributed by atoms with Crippen molar-refractivity contribution < 1.29 is 50.5 Å². The highest BCUT2D eigenvalue weighted by molar-refractivity contribution is 5.73. The molecule has 2 heterocycles. The lowest BCUT2D eigenvalue weighted by atomic mass is 9.90. The van der Waals surface area contributed by atoms with Crippen LogP contribution in [0.2, 0.25) is 0 Å². The van der Waals surface area contributed by atoms with Crippen molar-refractivity contribution in [2.75, 3.05) is 13.1 Å². The first kappa shape index (κ1) is 30.8. The van der Waals surface area contributed by atoms with Gasteiger partial charge in [0.1, 0.15) is 5.82 Å². The molecule has 1 aromatic heterocycles. The molecular formula is C23H25F7N2O4. The van der Waals surface area contributed by atoms with Crippen LogP contribution in [0.5, 0.6) is 0 Å². The Morgan fingerprint density at radius 2 is 1.44 bits per heavy atom. The molecular weight excluding hydrogens is 501 g/mol. The maximum Gasteiger partial charge on any atom is 0.490 e. The van der Waals surface area contributed by atoms with Crippen LogP contribution in [0, 0.1) is 18.7 Å². The number of hydrogen-bond acceptors (Lipinski definition) is 4. The number of likely N-dealkylation sites (tertiary alicyclic amines) is 1. The number of pyridine rings is 1. The highest BCUT2D eigenvalue weighted by Crippen LogP contribution is 2.24. The van der Waals surface area contributed by atoms with Gasteiger partial charge in [0.05, 0.1) is 0 Å². The molecule has 0 bridgehead atoms. The molecule has 0 amide bonds. The number of hydrogen-bond donors (Lipinski definition) is 2. The van der Waals surface area contributed by atoms with Crippen molar-refractivity contribution in [2.24, 2.45) is 5.92 Å². The molecule has 0 saturated carbocycles. The number of rotatable bonds is 4. The van der Waals surface area contributed by atoms with E-state index in [0.717, 1.165) is 50.2 Å². The molecule has 200 valence electrons. The van der Waals surface area contributed by atoms with Crippen LogP contribution in [0.1, 0.15) is 29.7 Å². The average Bonchev–Trinajstić information content (AvgIpc) is 2.78. The predicted molar refractivity (Wildman–Crippen MR) is 114 cm³/mol. The first-order valence-corrected chi connectivity index (χ1v) is 10.6. The van der Waals surface area contributed by atoms with Gasteiger partial charge in [-0.3, -0.25) is 9.88 Å². The van der Waals surface area contributed by atoms with Gasteiger partial charge in [-0.25, -0.2) is 14.0 Å². The lowest BCUT2D eigenvalue weighted by molar-refractivity contribution is -0.193. The summed E-state index contributed by atoms with van der Waals surface area (Å²) in [5.41, 5.74) is 3.20. The second-order valence-corrected chi connectivity index (χ2v) is 7.93. The summed E-state index contributed by atoms with van der Waals surface area (Å²) in [6.07, 6.45) is -5.03. The van der Waals surface area contributed by atoms with Crippen molar-refractivity contribution in [1.29, 1.82) is 0 Å². The van der Waals surface area contributed by atoms with Crippen LogP contribution in [0.4, 0.5) is 30.7 Å². The Bertz CT molecular complexity index is 948. The largest absolute Gasteiger partial charge is 0.490 e. The summed E-state index contributed by atoms with van der Waals surface area (Å²) < 4.78 is 77.2. The molecule has 1 aromatic carbocycles. The Morgan fingerprint density at radius 1 is 0.944 bits per heavy atom. The van der Waals surface area contributed by atoms with E-state index in [-0.39, 0.29) is 5.82 Å². The average molecular weight is 526 g/mol. The van der Waals surface area contributed by atoms with Gasteiger partial charge in [-0.1, -0.05) is 24.3 Å². The van der Waals surface area contributed by atoms with Crippen LogP contribution >= 0.6 is 0 Å². The van der Waals surface area contributed by atoms with E-state index in [1.54, 1.807) is 12.1 Å². The molecule has 1 saturated heterocycles. The van der Waals surface area contributed by atoms with Crippen molar-refractivity contribution in [3.8, 4) is 0 Å². The number of halogens is 7. The van der Waals surface area contributed by atoms with Crippen molar-refractivity contribution in [3.05, 3.63) is 65.2 Å². The summed E-state index contributed by atoms with van der Waals surface area (Å²) in [4.78, 5) is 24.6. The first-order chi connectivity index (χ1) is 16.6. The molecule has 1 fully saturated rings. The number of nitrogens with zero attached hydrogens (tertiary/aromatic N) is 2.